The minimum atomic E-state index is 0.113. The van der Waals surface area contributed by atoms with E-state index in [1.54, 1.807) is 0 Å². The lowest BCUT2D eigenvalue weighted by Crippen LogP contribution is -2.57. The fourth-order valence-corrected chi connectivity index (χ4v) is 3.79. The lowest BCUT2D eigenvalue weighted by Gasteiger charge is -2.40. The van der Waals surface area contributed by atoms with Gasteiger partial charge in [0.05, 0.1) is 25.3 Å². The van der Waals surface area contributed by atoms with Crippen LogP contribution in [0.2, 0.25) is 0 Å². The summed E-state index contributed by atoms with van der Waals surface area (Å²) in [6.45, 7) is 4.34. The Kier molecular flexibility index (Phi) is 4.31. The number of piperidine rings is 1. The number of carbonyl (C=O) groups excluding carboxylic acids is 1. The first-order valence-electron chi connectivity index (χ1n) is 8.48. The van der Waals surface area contributed by atoms with E-state index in [4.69, 9.17) is 21.6 Å². The lowest BCUT2D eigenvalue weighted by molar-refractivity contribution is -0.0445. The van der Waals surface area contributed by atoms with Gasteiger partial charge in [-0.15, -0.1) is 0 Å². The second-order valence-electron chi connectivity index (χ2n) is 6.57. The molecule has 0 aromatic carbocycles. The monoisotopic (exact) mass is 365 g/mol. The van der Waals surface area contributed by atoms with Gasteiger partial charge in [-0.2, -0.15) is 10.3 Å². The number of rotatable bonds is 2. The minimum Gasteiger partial charge on any atom is -0.377 e. The zero-order chi connectivity index (χ0) is 17.4. The SMILES string of the molecule is N#CC1=C(Cl)N=C(N2CCCC(N3CCN(C4COC4)C3=O)C2)NN1. The number of nitrogens with one attached hydrogen (secondary N) is 2. The number of guanidine groups is 1. The molecular formula is C15H20ClN7O2. The molecule has 3 fully saturated rings. The van der Waals surface area contributed by atoms with Crippen LogP contribution in [-0.4, -0.2) is 78.2 Å². The predicted molar refractivity (Wildman–Crippen MR) is 90.2 cm³/mol. The highest BCUT2D eigenvalue weighted by molar-refractivity contribution is 6.30. The van der Waals surface area contributed by atoms with Gasteiger partial charge in [-0.3, -0.25) is 10.9 Å². The van der Waals surface area contributed by atoms with Crippen molar-refractivity contribution in [2.24, 2.45) is 4.99 Å². The number of nitrogens with zero attached hydrogens (tertiary/aromatic N) is 5. The maximum absolute atomic E-state index is 12.7. The van der Waals surface area contributed by atoms with E-state index in [9.17, 15) is 4.79 Å². The fourth-order valence-electron chi connectivity index (χ4n) is 3.62. The van der Waals surface area contributed by atoms with Crippen LogP contribution in [-0.2, 0) is 4.74 Å². The smallest absolute Gasteiger partial charge is 0.320 e. The fraction of sp³-hybridized carbons (Fsp3) is 0.667. The van der Waals surface area contributed by atoms with Gasteiger partial charge in [-0.1, -0.05) is 11.6 Å². The Morgan fingerprint density at radius 3 is 2.60 bits per heavy atom. The molecule has 3 saturated heterocycles. The standard InChI is InChI=1S/C15H20ClN7O2/c16-13-12(6-17)19-20-14(18-13)21-3-1-2-10(7-21)22-4-5-23(15(22)24)11-8-25-9-11/h10-11,19H,1-5,7-9H2,(H,18,20). The summed E-state index contributed by atoms with van der Waals surface area (Å²) < 4.78 is 5.21. The summed E-state index contributed by atoms with van der Waals surface area (Å²) in [5, 5.41) is 9.08. The van der Waals surface area contributed by atoms with Gasteiger partial charge in [-0.05, 0) is 12.8 Å². The topological polar surface area (TPSA) is 96.2 Å². The van der Waals surface area contributed by atoms with Crippen molar-refractivity contribution in [2.45, 2.75) is 24.9 Å². The van der Waals surface area contributed by atoms with Crippen molar-refractivity contribution < 1.29 is 9.53 Å². The Morgan fingerprint density at radius 2 is 1.96 bits per heavy atom. The maximum Gasteiger partial charge on any atom is 0.320 e. The van der Waals surface area contributed by atoms with Crippen LogP contribution >= 0.6 is 11.6 Å². The van der Waals surface area contributed by atoms with Crippen molar-refractivity contribution in [3.05, 3.63) is 10.9 Å². The molecule has 134 valence electrons. The van der Waals surface area contributed by atoms with Crippen LogP contribution in [0.1, 0.15) is 12.8 Å². The summed E-state index contributed by atoms with van der Waals surface area (Å²) in [6, 6.07) is 2.44. The van der Waals surface area contributed by atoms with Crippen molar-refractivity contribution in [3.8, 4) is 6.07 Å². The molecule has 0 radical (unpaired) electrons. The van der Waals surface area contributed by atoms with Gasteiger partial charge >= 0.3 is 6.03 Å². The number of urea groups is 1. The summed E-state index contributed by atoms with van der Waals surface area (Å²) in [7, 11) is 0. The van der Waals surface area contributed by atoms with Gasteiger partial charge in [0.1, 0.15) is 6.07 Å². The summed E-state index contributed by atoms with van der Waals surface area (Å²) in [4.78, 5) is 22.9. The van der Waals surface area contributed by atoms with Crippen molar-refractivity contribution >= 4 is 23.6 Å². The molecule has 10 heteroatoms. The highest BCUT2D eigenvalue weighted by atomic mass is 35.5. The van der Waals surface area contributed by atoms with Gasteiger partial charge < -0.3 is 19.4 Å². The van der Waals surface area contributed by atoms with E-state index in [-0.39, 0.29) is 29.0 Å². The van der Waals surface area contributed by atoms with Crippen molar-refractivity contribution in [3.63, 3.8) is 0 Å². The molecule has 0 aromatic rings. The Balaban J connectivity index is 1.43. The first-order chi connectivity index (χ1) is 12.2. The minimum absolute atomic E-state index is 0.113. The molecular weight excluding hydrogens is 346 g/mol. The molecule has 2 N–H and O–H groups in total. The third kappa shape index (κ3) is 2.96. The first-order valence-corrected chi connectivity index (χ1v) is 8.85. The van der Waals surface area contributed by atoms with E-state index in [2.05, 4.69) is 20.7 Å². The van der Waals surface area contributed by atoms with Crippen LogP contribution in [0.15, 0.2) is 15.8 Å². The number of hydrogen-bond acceptors (Lipinski definition) is 7. The van der Waals surface area contributed by atoms with Crippen LogP contribution in [0.5, 0.6) is 0 Å². The molecule has 0 spiro atoms. The first kappa shape index (κ1) is 16.3. The molecule has 25 heavy (non-hydrogen) atoms. The van der Waals surface area contributed by atoms with Crippen molar-refractivity contribution in [2.75, 3.05) is 39.4 Å². The zero-order valence-electron chi connectivity index (χ0n) is 13.7. The molecule has 9 nitrogen and oxygen atoms in total. The predicted octanol–water partition coefficient (Wildman–Crippen LogP) is -0.0175. The van der Waals surface area contributed by atoms with Crippen molar-refractivity contribution in [1.29, 1.82) is 5.26 Å². The molecule has 4 heterocycles. The van der Waals surface area contributed by atoms with Gasteiger partial charge in [0.25, 0.3) is 0 Å². The zero-order valence-corrected chi connectivity index (χ0v) is 14.5. The van der Waals surface area contributed by atoms with Crippen molar-refractivity contribution in [1.82, 2.24) is 25.6 Å². The molecule has 0 aliphatic carbocycles. The number of aliphatic imine (C=N–C) groups is 1. The second kappa shape index (κ2) is 6.61. The van der Waals surface area contributed by atoms with Gasteiger partial charge in [0, 0.05) is 26.2 Å². The van der Waals surface area contributed by atoms with E-state index < -0.39 is 0 Å². The van der Waals surface area contributed by atoms with E-state index in [1.165, 1.54) is 0 Å². The third-order valence-electron chi connectivity index (χ3n) is 5.09. The van der Waals surface area contributed by atoms with Crippen LogP contribution in [0.3, 0.4) is 0 Å². The Hall–Kier alpha value is -2.18. The Morgan fingerprint density at radius 1 is 1.20 bits per heavy atom. The van der Waals surface area contributed by atoms with Crippen LogP contribution < -0.4 is 10.9 Å². The number of carbonyl (C=O) groups is 1. The quantitative estimate of drug-likeness (QED) is 0.668. The van der Waals surface area contributed by atoms with Gasteiger partial charge in [0.2, 0.25) is 5.96 Å². The number of allylic oxidation sites excluding steroid dienone is 1. The second-order valence-corrected chi connectivity index (χ2v) is 6.92. The number of hydrazine groups is 1. The number of halogens is 1. The number of amides is 2. The summed E-state index contributed by atoms with van der Waals surface area (Å²) >= 11 is 6.02. The van der Waals surface area contributed by atoms with Crippen LogP contribution in [0, 0.1) is 11.3 Å². The average molecular weight is 366 g/mol. The summed E-state index contributed by atoms with van der Waals surface area (Å²) in [6.07, 6.45) is 1.94. The van der Waals surface area contributed by atoms with E-state index in [0.717, 1.165) is 32.5 Å². The van der Waals surface area contributed by atoms with Gasteiger partial charge in [0.15, 0.2) is 10.9 Å². The average Bonchev–Trinajstić information content (AvgIpc) is 2.95. The molecule has 0 aromatic heterocycles. The highest BCUT2D eigenvalue weighted by Crippen LogP contribution is 2.24. The normalized spacial score (nSPS) is 27.5. The van der Waals surface area contributed by atoms with Gasteiger partial charge in [-0.25, -0.2) is 4.79 Å². The number of ether oxygens (including phenoxy) is 1. The molecule has 4 aliphatic rings. The molecule has 4 rings (SSSR count). The van der Waals surface area contributed by atoms with E-state index >= 15 is 0 Å². The summed E-state index contributed by atoms with van der Waals surface area (Å²) in [5.74, 6) is 0.588. The molecule has 1 unspecified atom stereocenters. The molecule has 1 atom stereocenters. The van der Waals surface area contributed by atoms with E-state index in [1.807, 2.05) is 15.9 Å². The number of likely N-dealkylation sites (tertiary alicyclic amines) is 1. The molecule has 4 aliphatic heterocycles. The van der Waals surface area contributed by atoms with Crippen LogP contribution in [0.25, 0.3) is 0 Å². The largest absolute Gasteiger partial charge is 0.377 e. The number of hydrogen-bond donors (Lipinski definition) is 2. The maximum atomic E-state index is 12.7. The number of nitriles is 1. The highest BCUT2D eigenvalue weighted by Gasteiger charge is 2.41. The Bertz CT molecular complexity index is 669. The third-order valence-corrected chi connectivity index (χ3v) is 5.37. The molecule has 0 saturated carbocycles. The van der Waals surface area contributed by atoms with E-state index in [0.29, 0.717) is 25.7 Å². The molecule has 0 bridgehead atoms. The lowest BCUT2D eigenvalue weighted by atomic mass is 10.0. The Labute approximate surface area is 150 Å². The van der Waals surface area contributed by atoms with Crippen LogP contribution in [0.4, 0.5) is 4.79 Å². The summed E-state index contributed by atoms with van der Waals surface area (Å²) in [5.41, 5.74) is 5.88. The molecule has 2 amide bonds.